The van der Waals surface area contributed by atoms with Crippen LogP contribution in [0.2, 0.25) is 0 Å². The SMILES string of the molecule is CCCCCCc1ccc2cc(-c3ccc(-c4ccc(OC(F)(F)F)c(F)c4)cc3)ccc2c1.CCCCCc1ccc2cc(-c3ccc(-c4ccc(OC(F)(F)F)c(F)c4)cc3)ccc2c1. The Balaban J connectivity index is 0.000000199. The van der Waals surface area contributed by atoms with Gasteiger partial charge in [-0.05, 0) is 139 Å². The van der Waals surface area contributed by atoms with Gasteiger partial charge in [0.25, 0.3) is 0 Å². The molecule has 0 saturated carbocycles. The van der Waals surface area contributed by atoms with Gasteiger partial charge in [0.15, 0.2) is 23.1 Å². The second-order valence-corrected chi connectivity index (χ2v) is 16.6. The second-order valence-electron chi connectivity index (χ2n) is 16.6. The van der Waals surface area contributed by atoms with E-state index in [1.165, 1.54) is 84.4 Å². The van der Waals surface area contributed by atoms with Crippen LogP contribution in [0, 0.1) is 11.6 Å². The lowest BCUT2D eigenvalue weighted by molar-refractivity contribution is -0.276. The molecule has 8 aromatic rings. The minimum absolute atomic E-state index is 0.475. The molecule has 0 aliphatic carbocycles. The molecule has 8 aromatic carbocycles. The van der Waals surface area contributed by atoms with Gasteiger partial charge in [0.2, 0.25) is 0 Å². The molecule has 0 bridgehead atoms. The number of fused-ring (bicyclic) bond motifs is 2. The van der Waals surface area contributed by atoms with Gasteiger partial charge in [-0.25, -0.2) is 8.78 Å². The molecular formula is C57H50F8O2. The topological polar surface area (TPSA) is 18.5 Å². The summed E-state index contributed by atoms with van der Waals surface area (Å²) in [5.41, 5.74) is 9.21. The standard InChI is InChI=1S/C29H26F4O.C28H24F4O/c1-2-3-4-5-6-20-7-8-25-18-24(14-13-23(25)17-20)21-9-11-22(12-10-21)26-15-16-28(27(30)19-26)34-29(31,32)33;1-2-3-4-5-19-6-7-24-17-23(13-12-22(24)16-19)20-8-10-21(11-9-20)25-14-15-27(26(29)18-25)33-28(30,31)32/h7-19H,2-6H2,1H3;6-18H,2-5H2,1H3. The van der Waals surface area contributed by atoms with E-state index in [0.717, 1.165) is 64.7 Å². The molecule has 0 aliphatic rings. The molecule has 0 amide bonds. The zero-order valence-electron chi connectivity index (χ0n) is 37.2. The van der Waals surface area contributed by atoms with Crippen LogP contribution in [0.25, 0.3) is 66.1 Å². The third-order valence-corrected chi connectivity index (χ3v) is 11.6. The summed E-state index contributed by atoms with van der Waals surface area (Å²) in [6.45, 7) is 4.42. The highest BCUT2D eigenvalue weighted by Crippen LogP contribution is 2.34. The normalized spacial score (nSPS) is 11.7. The summed E-state index contributed by atoms with van der Waals surface area (Å²) < 4.78 is 110. The maximum Gasteiger partial charge on any atom is 0.573 e. The first kappa shape index (κ1) is 48.3. The molecule has 0 aliphatic heterocycles. The van der Waals surface area contributed by atoms with Gasteiger partial charge in [-0.1, -0.05) is 167 Å². The Morgan fingerprint density at radius 1 is 0.328 bits per heavy atom. The number of unbranched alkanes of at least 4 members (excludes halogenated alkanes) is 5. The first-order chi connectivity index (χ1) is 32.1. The zero-order valence-corrected chi connectivity index (χ0v) is 37.2. The van der Waals surface area contributed by atoms with E-state index in [2.05, 4.69) is 96.1 Å². The number of ether oxygens (including phenoxy) is 2. The predicted octanol–water partition coefficient (Wildman–Crippen LogP) is 18.3. The van der Waals surface area contributed by atoms with Crippen LogP contribution in [-0.2, 0) is 12.8 Å². The third-order valence-electron chi connectivity index (χ3n) is 11.6. The minimum atomic E-state index is -4.93. The molecule has 67 heavy (non-hydrogen) atoms. The molecule has 0 atom stereocenters. The summed E-state index contributed by atoms with van der Waals surface area (Å²) in [5.74, 6) is -3.80. The van der Waals surface area contributed by atoms with Crippen LogP contribution in [0.15, 0.2) is 158 Å². The van der Waals surface area contributed by atoms with Gasteiger partial charge in [-0.15, -0.1) is 26.3 Å². The monoisotopic (exact) mass is 918 g/mol. The molecule has 0 unspecified atom stereocenters. The molecule has 0 radical (unpaired) electrons. The summed E-state index contributed by atoms with van der Waals surface area (Å²) in [4.78, 5) is 0. The van der Waals surface area contributed by atoms with Gasteiger partial charge in [0, 0.05) is 0 Å². The fourth-order valence-electron chi connectivity index (χ4n) is 8.08. The Kier molecular flexibility index (Phi) is 15.7. The maximum atomic E-state index is 14.1. The van der Waals surface area contributed by atoms with E-state index in [-0.39, 0.29) is 0 Å². The van der Waals surface area contributed by atoms with Crippen molar-refractivity contribution in [3.63, 3.8) is 0 Å². The summed E-state index contributed by atoms with van der Waals surface area (Å²) in [5, 5.41) is 4.75. The zero-order chi connectivity index (χ0) is 47.6. The largest absolute Gasteiger partial charge is 0.573 e. The van der Waals surface area contributed by atoms with Crippen molar-refractivity contribution in [2.75, 3.05) is 0 Å². The van der Waals surface area contributed by atoms with Crippen molar-refractivity contribution in [1.82, 2.24) is 0 Å². The van der Waals surface area contributed by atoms with E-state index in [1.807, 2.05) is 48.5 Å². The fourth-order valence-corrected chi connectivity index (χ4v) is 8.08. The number of hydrogen-bond donors (Lipinski definition) is 0. The number of hydrogen-bond acceptors (Lipinski definition) is 2. The number of alkyl halides is 6. The van der Waals surface area contributed by atoms with Crippen LogP contribution in [0.3, 0.4) is 0 Å². The van der Waals surface area contributed by atoms with Gasteiger partial charge in [0.05, 0.1) is 0 Å². The summed E-state index contributed by atoms with van der Waals surface area (Å²) in [7, 11) is 0. The second kappa shape index (κ2) is 21.7. The molecule has 0 N–H and O–H groups in total. The molecule has 0 aromatic heterocycles. The molecule has 0 saturated heterocycles. The molecule has 0 fully saturated rings. The van der Waals surface area contributed by atoms with Gasteiger partial charge in [-0.3, -0.25) is 0 Å². The number of rotatable bonds is 15. The quantitative estimate of drug-likeness (QED) is 0.0753. The van der Waals surface area contributed by atoms with Crippen molar-refractivity contribution < 1.29 is 44.6 Å². The lowest BCUT2D eigenvalue weighted by atomic mass is 9.97. The molecule has 0 heterocycles. The van der Waals surface area contributed by atoms with Crippen molar-refractivity contribution in [1.29, 1.82) is 0 Å². The minimum Gasteiger partial charge on any atom is -0.403 e. The van der Waals surface area contributed by atoms with Crippen LogP contribution in [0.5, 0.6) is 11.5 Å². The van der Waals surface area contributed by atoms with Gasteiger partial charge < -0.3 is 9.47 Å². The molecule has 10 heteroatoms. The first-order valence-electron chi connectivity index (χ1n) is 22.5. The van der Waals surface area contributed by atoms with Crippen molar-refractivity contribution >= 4 is 21.5 Å². The van der Waals surface area contributed by atoms with E-state index in [4.69, 9.17) is 0 Å². The van der Waals surface area contributed by atoms with Crippen LogP contribution >= 0.6 is 0 Å². The highest BCUT2D eigenvalue weighted by Gasteiger charge is 2.33. The Bertz CT molecular complexity index is 2900. The fraction of sp³-hybridized carbons (Fsp3) is 0.228. The van der Waals surface area contributed by atoms with Gasteiger partial charge >= 0.3 is 12.7 Å². The molecule has 0 spiro atoms. The number of benzene rings is 8. The van der Waals surface area contributed by atoms with Crippen LogP contribution < -0.4 is 9.47 Å². The van der Waals surface area contributed by atoms with E-state index >= 15 is 0 Å². The lowest BCUT2D eigenvalue weighted by Crippen LogP contribution is -2.17. The molecular weight excluding hydrogens is 869 g/mol. The number of aryl methyl sites for hydroxylation is 2. The summed E-state index contributed by atoms with van der Waals surface area (Å²) in [6, 6.07) is 47.8. The molecule has 346 valence electrons. The van der Waals surface area contributed by atoms with E-state index in [9.17, 15) is 35.1 Å². The molecule has 8 rings (SSSR count). The van der Waals surface area contributed by atoms with Crippen LogP contribution in [0.1, 0.15) is 69.9 Å². The van der Waals surface area contributed by atoms with Gasteiger partial charge in [0.1, 0.15) is 0 Å². The van der Waals surface area contributed by atoms with Gasteiger partial charge in [-0.2, -0.15) is 0 Å². The van der Waals surface area contributed by atoms with E-state index in [0.29, 0.717) is 22.3 Å². The van der Waals surface area contributed by atoms with E-state index in [1.54, 1.807) is 0 Å². The van der Waals surface area contributed by atoms with E-state index < -0.39 is 35.9 Å². The average molecular weight is 919 g/mol. The Hall–Kier alpha value is -6.68. The first-order valence-corrected chi connectivity index (χ1v) is 22.5. The van der Waals surface area contributed by atoms with Crippen molar-refractivity contribution in [2.45, 2.75) is 84.4 Å². The van der Waals surface area contributed by atoms with Crippen molar-refractivity contribution in [3.8, 4) is 56.0 Å². The number of halogens is 8. The Morgan fingerprint density at radius 3 is 0.985 bits per heavy atom. The smallest absolute Gasteiger partial charge is 0.403 e. The highest BCUT2D eigenvalue weighted by atomic mass is 19.4. The van der Waals surface area contributed by atoms with Crippen LogP contribution in [0.4, 0.5) is 35.1 Å². The van der Waals surface area contributed by atoms with Crippen molar-refractivity contribution in [3.05, 3.63) is 180 Å². The highest BCUT2D eigenvalue weighted by molar-refractivity contribution is 5.89. The Morgan fingerprint density at radius 2 is 0.627 bits per heavy atom. The van der Waals surface area contributed by atoms with Crippen molar-refractivity contribution in [2.24, 2.45) is 0 Å². The average Bonchev–Trinajstić information content (AvgIpc) is 3.31. The molecule has 2 nitrogen and oxygen atoms in total. The summed E-state index contributed by atoms with van der Waals surface area (Å²) >= 11 is 0. The lowest BCUT2D eigenvalue weighted by Gasteiger charge is -2.11. The Labute approximate surface area is 385 Å². The van der Waals surface area contributed by atoms with Crippen LogP contribution in [-0.4, -0.2) is 12.7 Å². The summed E-state index contributed by atoms with van der Waals surface area (Å²) in [6.07, 6.45) is 0.986. The maximum absolute atomic E-state index is 14.1. The third kappa shape index (κ3) is 13.5. The predicted molar refractivity (Wildman–Crippen MR) is 254 cm³/mol.